The summed E-state index contributed by atoms with van der Waals surface area (Å²) >= 11 is 1.91. The molecule has 1 aliphatic heterocycles. The third-order valence-electron chi connectivity index (χ3n) is 3.71. The summed E-state index contributed by atoms with van der Waals surface area (Å²) in [5, 5.41) is 4.82. The summed E-state index contributed by atoms with van der Waals surface area (Å²) in [5.74, 6) is 0.958. The molecule has 1 aliphatic carbocycles. The van der Waals surface area contributed by atoms with E-state index in [1.807, 2.05) is 11.3 Å². The average Bonchev–Trinajstić information content (AvgIpc) is 3.07. The van der Waals surface area contributed by atoms with E-state index >= 15 is 0 Å². The predicted molar refractivity (Wildman–Crippen MR) is 71.2 cm³/mol. The smallest absolute Gasteiger partial charge is 0.107 e. The van der Waals surface area contributed by atoms with Gasteiger partial charge in [-0.15, -0.1) is 11.3 Å². The van der Waals surface area contributed by atoms with Crippen LogP contribution in [0.15, 0.2) is 0 Å². The van der Waals surface area contributed by atoms with Gasteiger partial charge in [0.05, 0.1) is 5.69 Å². The Kier molecular flexibility index (Phi) is 3.45. The fourth-order valence-corrected chi connectivity index (χ4v) is 3.48. The lowest BCUT2D eigenvalue weighted by Crippen LogP contribution is -2.29. The van der Waals surface area contributed by atoms with Crippen LogP contribution < -0.4 is 5.32 Å². The van der Waals surface area contributed by atoms with Crippen LogP contribution in [-0.4, -0.2) is 29.5 Å². The highest BCUT2D eigenvalue weighted by molar-refractivity contribution is 7.11. The Balaban J connectivity index is 1.57. The molecule has 0 saturated heterocycles. The van der Waals surface area contributed by atoms with Gasteiger partial charge in [0.15, 0.2) is 0 Å². The summed E-state index contributed by atoms with van der Waals surface area (Å²) in [5.41, 5.74) is 1.36. The van der Waals surface area contributed by atoms with Crippen molar-refractivity contribution in [2.75, 3.05) is 19.6 Å². The summed E-state index contributed by atoms with van der Waals surface area (Å²) in [6.07, 6.45) is 3.99. The van der Waals surface area contributed by atoms with E-state index in [4.69, 9.17) is 4.98 Å². The first-order valence-electron chi connectivity index (χ1n) is 6.75. The summed E-state index contributed by atoms with van der Waals surface area (Å²) < 4.78 is 0. The number of likely N-dealkylation sites (N-methyl/N-ethyl adjacent to an activating group) is 1. The van der Waals surface area contributed by atoms with E-state index in [1.54, 1.807) is 0 Å². The molecule has 0 unspecified atom stereocenters. The minimum absolute atomic E-state index is 0.958. The minimum atomic E-state index is 0.958. The van der Waals surface area contributed by atoms with Crippen molar-refractivity contribution in [2.45, 2.75) is 39.3 Å². The van der Waals surface area contributed by atoms with Gasteiger partial charge in [-0.05, 0) is 31.8 Å². The molecular formula is C13H21N3S. The van der Waals surface area contributed by atoms with Crippen LogP contribution in [0.3, 0.4) is 0 Å². The Labute approximate surface area is 107 Å². The molecule has 0 atom stereocenters. The molecule has 2 heterocycles. The summed E-state index contributed by atoms with van der Waals surface area (Å²) in [6.45, 7) is 7.86. The molecule has 0 aromatic carbocycles. The standard InChI is InChI=1S/C13H21N3S/c1-2-16-6-5-11-12(9-16)17-13(15-11)8-14-7-10-3-4-10/h10,14H,2-9H2,1H3. The highest BCUT2D eigenvalue weighted by Crippen LogP contribution is 2.28. The lowest BCUT2D eigenvalue weighted by molar-refractivity contribution is 0.269. The monoisotopic (exact) mass is 251 g/mol. The van der Waals surface area contributed by atoms with E-state index in [0.29, 0.717) is 0 Å². The first-order chi connectivity index (χ1) is 8.35. The molecule has 94 valence electrons. The SMILES string of the molecule is CCN1CCc2nc(CNCC3CC3)sc2C1. The van der Waals surface area contributed by atoms with Gasteiger partial charge in [-0.1, -0.05) is 6.92 Å². The Morgan fingerprint density at radius 2 is 2.35 bits per heavy atom. The molecule has 1 aromatic rings. The number of hydrogen-bond donors (Lipinski definition) is 1. The third-order valence-corrected chi connectivity index (χ3v) is 4.79. The predicted octanol–water partition coefficient (Wildman–Crippen LogP) is 2.02. The number of thiazole rings is 1. The average molecular weight is 251 g/mol. The molecule has 0 spiro atoms. The summed E-state index contributed by atoms with van der Waals surface area (Å²) in [7, 11) is 0. The molecule has 1 saturated carbocycles. The van der Waals surface area contributed by atoms with Crippen molar-refractivity contribution in [3.05, 3.63) is 15.6 Å². The van der Waals surface area contributed by atoms with Crippen LogP contribution in [0, 0.1) is 5.92 Å². The number of nitrogens with zero attached hydrogens (tertiary/aromatic N) is 2. The minimum Gasteiger partial charge on any atom is -0.310 e. The maximum Gasteiger partial charge on any atom is 0.107 e. The van der Waals surface area contributed by atoms with Gasteiger partial charge < -0.3 is 5.32 Å². The van der Waals surface area contributed by atoms with Crippen LogP contribution in [0.5, 0.6) is 0 Å². The highest BCUT2D eigenvalue weighted by atomic mass is 32.1. The van der Waals surface area contributed by atoms with Crippen LogP contribution >= 0.6 is 11.3 Å². The normalized spacial score (nSPS) is 20.5. The zero-order valence-corrected chi connectivity index (χ0v) is 11.4. The third kappa shape index (κ3) is 2.87. The van der Waals surface area contributed by atoms with E-state index in [-0.39, 0.29) is 0 Å². The molecule has 1 aromatic heterocycles. The van der Waals surface area contributed by atoms with Gasteiger partial charge in [-0.2, -0.15) is 0 Å². The van der Waals surface area contributed by atoms with Crippen molar-refractivity contribution in [1.82, 2.24) is 15.2 Å². The van der Waals surface area contributed by atoms with Crippen LogP contribution in [0.25, 0.3) is 0 Å². The van der Waals surface area contributed by atoms with Crippen LogP contribution in [-0.2, 0) is 19.5 Å². The molecule has 3 nitrogen and oxygen atoms in total. The van der Waals surface area contributed by atoms with Gasteiger partial charge in [0.25, 0.3) is 0 Å². The molecule has 1 N–H and O–H groups in total. The van der Waals surface area contributed by atoms with E-state index in [0.717, 1.165) is 32.0 Å². The van der Waals surface area contributed by atoms with E-state index in [2.05, 4.69) is 17.1 Å². The van der Waals surface area contributed by atoms with Crippen molar-refractivity contribution in [2.24, 2.45) is 5.92 Å². The molecule has 2 aliphatic rings. The van der Waals surface area contributed by atoms with Crippen LogP contribution in [0.4, 0.5) is 0 Å². The van der Waals surface area contributed by atoms with Gasteiger partial charge in [0.1, 0.15) is 5.01 Å². The van der Waals surface area contributed by atoms with Gasteiger partial charge in [0, 0.05) is 30.9 Å². The van der Waals surface area contributed by atoms with Gasteiger partial charge in [-0.3, -0.25) is 4.90 Å². The van der Waals surface area contributed by atoms with Crippen molar-refractivity contribution < 1.29 is 0 Å². The molecule has 3 rings (SSSR count). The topological polar surface area (TPSA) is 28.2 Å². The maximum atomic E-state index is 4.77. The van der Waals surface area contributed by atoms with Crippen molar-refractivity contribution in [3.63, 3.8) is 0 Å². The fraction of sp³-hybridized carbons (Fsp3) is 0.769. The van der Waals surface area contributed by atoms with Crippen molar-refractivity contribution in [1.29, 1.82) is 0 Å². The Morgan fingerprint density at radius 1 is 1.47 bits per heavy atom. The second kappa shape index (κ2) is 5.04. The second-order valence-corrected chi connectivity index (χ2v) is 6.34. The number of fused-ring (bicyclic) bond motifs is 1. The fourth-order valence-electron chi connectivity index (χ4n) is 2.35. The molecule has 0 radical (unpaired) electrons. The quantitative estimate of drug-likeness (QED) is 0.868. The van der Waals surface area contributed by atoms with E-state index in [9.17, 15) is 0 Å². The lowest BCUT2D eigenvalue weighted by atomic mass is 10.2. The van der Waals surface area contributed by atoms with Crippen molar-refractivity contribution in [3.8, 4) is 0 Å². The summed E-state index contributed by atoms with van der Waals surface area (Å²) in [6, 6.07) is 0. The van der Waals surface area contributed by atoms with Gasteiger partial charge in [-0.25, -0.2) is 4.98 Å². The van der Waals surface area contributed by atoms with Crippen LogP contribution in [0.2, 0.25) is 0 Å². The van der Waals surface area contributed by atoms with Gasteiger partial charge in [0.2, 0.25) is 0 Å². The Hall–Kier alpha value is -0.450. The number of hydrogen-bond acceptors (Lipinski definition) is 4. The lowest BCUT2D eigenvalue weighted by Gasteiger charge is -2.23. The molecular weight excluding hydrogens is 230 g/mol. The Bertz CT molecular complexity index is 384. The maximum absolute atomic E-state index is 4.77. The second-order valence-electron chi connectivity index (χ2n) is 5.17. The Morgan fingerprint density at radius 3 is 3.12 bits per heavy atom. The molecule has 0 amide bonds. The van der Waals surface area contributed by atoms with E-state index in [1.165, 1.54) is 41.5 Å². The van der Waals surface area contributed by atoms with Crippen LogP contribution in [0.1, 0.15) is 35.3 Å². The van der Waals surface area contributed by atoms with E-state index < -0.39 is 0 Å². The first kappa shape index (κ1) is 11.6. The molecule has 0 bridgehead atoms. The van der Waals surface area contributed by atoms with Gasteiger partial charge >= 0.3 is 0 Å². The zero-order chi connectivity index (χ0) is 11.7. The summed E-state index contributed by atoms with van der Waals surface area (Å²) in [4.78, 5) is 8.77. The zero-order valence-electron chi connectivity index (χ0n) is 10.5. The number of rotatable bonds is 5. The number of aromatic nitrogens is 1. The molecule has 4 heteroatoms. The number of nitrogens with one attached hydrogen (secondary N) is 1. The molecule has 17 heavy (non-hydrogen) atoms. The molecule has 1 fully saturated rings. The van der Waals surface area contributed by atoms with Crippen molar-refractivity contribution >= 4 is 11.3 Å². The largest absolute Gasteiger partial charge is 0.310 e. The first-order valence-corrected chi connectivity index (χ1v) is 7.57. The highest BCUT2D eigenvalue weighted by Gasteiger charge is 2.21.